The van der Waals surface area contributed by atoms with Gasteiger partial charge in [-0.3, -0.25) is 0 Å². The minimum absolute atomic E-state index is 0.171. The summed E-state index contributed by atoms with van der Waals surface area (Å²) in [5, 5.41) is 10.6. The summed E-state index contributed by atoms with van der Waals surface area (Å²) in [7, 11) is -5.48. The van der Waals surface area contributed by atoms with Crippen molar-refractivity contribution in [3.63, 3.8) is 0 Å². The highest BCUT2D eigenvalue weighted by molar-refractivity contribution is 7.90. The maximum absolute atomic E-state index is 11.6. The molecule has 0 aliphatic carbocycles. The van der Waals surface area contributed by atoms with Gasteiger partial charge in [0.05, 0.1) is 0 Å². The van der Waals surface area contributed by atoms with Gasteiger partial charge < -0.3 is 0 Å². The van der Waals surface area contributed by atoms with Crippen molar-refractivity contribution in [3.8, 4) is 0 Å². The molecule has 0 saturated carbocycles. The average molecular weight is 220 g/mol. The van der Waals surface area contributed by atoms with Crippen molar-refractivity contribution in [2.45, 2.75) is 31.5 Å². The lowest BCUT2D eigenvalue weighted by Crippen LogP contribution is -2.42. The fourth-order valence-corrected chi connectivity index (χ4v) is 1.16. The first-order valence-corrected chi connectivity index (χ1v) is 4.93. The molecule has 0 rings (SSSR count). The Balaban J connectivity index is 4.36. The van der Waals surface area contributed by atoms with E-state index < -0.39 is 21.8 Å². The molecule has 0 aromatic heterocycles. The number of hydrogen-bond acceptors (Lipinski definition) is 2. The largest absolute Gasteiger partial charge is 0.511 e. The SMILES string of the molecule is CCCC([O])NS(=O)(=O)C(F)(F)F. The number of halogens is 3. The summed E-state index contributed by atoms with van der Waals surface area (Å²) in [4.78, 5) is 0. The average Bonchev–Trinajstić information content (AvgIpc) is 1.83. The van der Waals surface area contributed by atoms with Crippen LogP contribution in [0.2, 0.25) is 0 Å². The zero-order chi connectivity index (χ0) is 10.7. The Morgan fingerprint density at radius 1 is 1.38 bits per heavy atom. The van der Waals surface area contributed by atoms with Gasteiger partial charge in [0.2, 0.25) is 0 Å². The summed E-state index contributed by atoms with van der Waals surface area (Å²) in [6.07, 6.45) is -1.79. The maximum Gasteiger partial charge on any atom is 0.511 e. The van der Waals surface area contributed by atoms with Gasteiger partial charge in [0.1, 0.15) is 0 Å². The van der Waals surface area contributed by atoms with Crippen LogP contribution < -0.4 is 4.72 Å². The monoisotopic (exact) mass is 220 g/mol. The molecule has 1 unspecified atom stereocenters. The third kappa shape index (κ3) is 3.92. The molecule has 0 bridgehead atoms. The lowest BCUT2D eigenvalue weighted by atomic mass is 10.3. The van der Waals surface area contributed by atoms with Crippen molar-refractivity contribution < 1.29 is 26.7 Å². The van der Waals surface area contributed by atoms with E-state index in [0.29, 0.717) is 6.42 Å². The summed E-state index contributed by atoms with van der Waals surface area (Å²) in [6, 6.07) is 0. The van der Waals surface area contributed by atoms with Gasteiger partial charge in [-0.05, 0) is 6.42 Å². The van der Waals surface area contributed by atoms with Gasteiger partial charge in [-0.25, -0.2) is 13.5 Å². The summed E-state index contributed by atoms with van der Waals surface area (Å²) >= 11 is 0. The number of hydrogen-bond donors (Lipinski definition) is 1. The summed E-state index contributed by atoms with van der Waals surface area (Å²) in [6.45, 7) is 1.56. The normalized spacial score (nSPS) is 15.8. The van der Waals surface area contributed by atoms with Gasteiger partial charge in [-0.15, -0.1) is 0 Å². The zero-order valence-electron chi connectivity index (χ0n) is 6.76. The van der Waals surface area contributed by atoms with E-state index in [-0.39, 0.29) is 6.42 Å². The highest BCUT2D eigenvalue weighted by atomic mass is 32.2. The van der Waals surface area contributed by atoms with E-state index in [4.69, 9.17) is 0 Å². The third-order valence-corrected chi connectivity index (χ3v) is 2.32. The molecular weight excluding hydrogens is 211 g/mol. The first kappa shape index (κ1) is 12.7. The molecule has 13 heavy (non-hydrogen) atoms. The highest BCUT2D eigenvalue weighted by Gasteiger charge is 2.46. The van der Waals surface area contributed by atoms with Gasteiger partial charge >= 0.3 is 15.5 Å². The van der Waals surface area contributed by atoms with Crippen LogP contribution in [0.1, 0.15) is 19.8 Å². The van der Waals surface area contributed by atoms with Crippen molar-refractivity contribution in [2.24, 2.45) is 0 Å². The molecule has 79 valence electrons. The first-order valence-electron chi connectivity index (χ1n) is 3.45. The number of sulfonamides is 1. The Kier molecular flexibility index (Phi) is 4.14. The van der Waals surface area contributed by atoms with Gasteiger partial charge in [0.25, 0.3) is 0 Å². The second-order valence-electron chi connectivity index (χ2n) is 2.34. The van der Waals surface area contributed by atoms with Crippen molar-refractivity contribution in [1.82, 2.24) is 4.72 Å². The van der Waals surface area contributed by atoms with Crippen LogP contribution in [0.3, 0.4) is 0 Å². The maximum atomic E-state index is 11.6. The molecule has 0 fully saturated rings. The number of alkyl halides is 3. The van der Waals surface area contributed by atoms with E-state index >= 15 is 0 Å². The minimum atomic E-state index is -5.48. The molecule has 0 heterocycles. The van der Waals surface area contributed by atoms with Crippen LogP contribution in [0.25, 0.3) is 0 Å². The zero-order valence-corrected chi connectivity index (χ0v) is 7.57. The fraction of sp³-hybridized carbons (Fsp3) is 1.00. The second kappa shape index (κ2) is 4.25. The Morgan fingerprint density at radius 3 is 2.15 bits per heavy atom. The van der Waals surface area contributed by atoms with Crippen LogP contribution >= 0.6 is 0 Å². The number of nitrogens with one attached hydrogen (secondary N) is 1. The predicted molar refractivity (Wildman–Crippen MR) is 37.5 cm³/mol. The van der Waals surface area contributed by atoms with E-state index in [0.717, 1.165) is 4.72 Å². The topological polar surface area (TPSA) is 66.1 Å². The van der Waals surface area contributed by atoms with Crippen LogP contribution in [0.5, 0.6) is 0 Å². The van der Waals surface area contributed by atoms with E-state index in [1.165, 1.54) is 0 Å². The van der Waals surface area contributed by atoms with E-state index in [1.807, 2.05) is 0 Å². The first-order chi connectivity index (χ1) is 5.70. The van der Waals surface area contributed by atoms with Crippen molar-refractivity contribution in [2.75, 3.05) is 0 Å². The lowest BCUT2D eigenvalue weighted by Gasteiger charge is -2.12. The Morgan fingerprint density at radius 2 is 1.85 bits per heavy atom. The smallest absolute Gasteiger partial charge is 0.215 e. The summed E-state index contributed by atoms with van der Waals surface area (Å²) in [5.74, 6) is 0. The summed E-state index contributed by atoms with van der Waals surface area (Å²) in [5.41, 5.74) is -5.41. The van der Waals surface area contributed by atoms with Gasteiger partial charge in [0, 0.05) is 0 Å². The molecule has 1 radical (unpaired) electrons. The van der Waals surface area contributed by atoms with Gasteiger partial charge in [-0.1, -0.05) is 13.3 Å². The lowest BCUT2D eigenvalue weighted by molar-refractivity contribution is -0.0479. The van der Waals surface area contributed by atoms with E-state index in [9.17, 15) is 26.7 Å². The van der Waals surface area contributed by atoms with E-state index in [2.05, 4.69) is 0 Å². The molecular formula is C5H9F3NO3S. The molecule has 0 aliphatic rings. The van der Waals surface area contributed by atoms with Crippen LogP contribution in [0.4, 0.5) is 13.2 Å². The molecule has 1 atom stereocenters. The molecule has 0 aromatic rings. The Bertz CT molecular complexity index is 248. The van der Waals surface area contributed by atoms with E-state index in [1.54, 1.807) is 6.92 Å². The molecule has 1 N–H and O–H groups in total. The highest BCUT2D eigenvalue weighted by Crippen LogP contribution is 2.22. The van der Waals surface area contributed by atoms with Crippen LogP contribution in [-0.2, 0) is 15.1 Å². The Labute approximate surface area is 73.8 Å². The fourth-order valence-electron chi connectivity index (χ4n) is 0.561. The summed E-state index contributed by atoms with van der Waals surface area (Å²) < 4.78 is 56.5. The van der Waals surface area contributed by atoms with Gasteiger partial charge in [-0.2, -0.15) is 17.9 Å². The Hall–Kier alpha value is -0.340. The molecule has 0 amide bonds. The van der Waals surface area contributed by atoms with Crippen LogP contribution in [0, 0.1) is 0 Å². The van der Waals surface area contributed by atoms with Crippen molar-refractivity contribution >= 4 is 10.0 Å². The third-order valence-electron chi connectivity index (χ3n) is 1.14. The standard InChI is InChI=1S/C5H9F3NO3S/c1-2-3-4(10)9-13(11,12)5(6,7)8/h4,9H,2-3H2,1H3. The van der Waals surface area contributed by atoms with Crippen molar-refractivity contribution in [1.29, 1.82) is 0 Å². The molecule has 4 nitrogen and oxygen atoms in total. The molecule has 0 aliphatic heterocycles. The van der Waals surface area contributed by atoms with Crippen LogP contribution in [-0.4, -0.2) is 20.2 Å². The van der Waals surface area contributed by atoms with Gasteiger partial charge in [0.15, 0.2) is 6.23 Å². The molecule has 0 aromatic carbocycles. The second-order valence-corrected chi connectivity index (χ2v) is 4.05. The quantitative estimate of drug-likeness (QED) is 0.718. The molecule has 0 saturated heterocycles. The van der Waals surface area contributed by atoms with Crippen LogP contribution in [0.15, 0.2) is 0 Å². The minimum Gasteiger partial charge on any atom is -0.215 e. The molecule has 8 heteroatoms. The predicted octanol–water partition coefficient (Wildman–Crippen LogP) is 0.982. The molecule has 0 spiro atoms. The number of rotatable bonds is 4. The van der Waals surface area contributed by atoms with Crippen molar-refractivity contribution in [3.05, 3.63) is 0 Å².